The van der Waals surface area contributed by atoms with Gasteiger partial charge in [-0.2, -0.15) is 0 Å². The molecular formula is C35H49NO10. The number of alkyl carbamates (subject to hydrolysis) is 1. The second-order valence-corrected chi connectivity index (χ2v) is 12.8. The Balaban J connectivity index is 1.33. The van der Waals surface area contributed by atoms with Crippen LogP contribution >= 0.6 is 0 Å². The Kier molecular flexibility index (Phi) is 14.5. The molecule has 0 fully saturated rings. The fourth-order valence-corrected chi connectivity index (χ4v) is 4.68. The fourth-order valence-electron chi connectivity index (χ4n) is 4.68. The van der Waals surface area contributed by atoms with Crippen LogP contribution in [-0.2, 0) is 42.7 Å². The molecule has 0 saturated heterocycles. The molecule has 0 saturated carbocycles. The van der Waals surface area contributed by atoms with Crippen LogP contribution in [0.15, 0.2) is 48.5 Å². The van der Waals surface area contributed by atoms with Crippen LogP contribution in [0.1, 0.15) is 65.0 Å². The van der Waals surface area contributed by atoms with E-state index in [2.05, 4.69) is 17.4 Å². The number of amides is 1. The Morgan fingerprint density at radius 2 is 1.22 bits per heavy atom. The Hall–Kier alpha value is -3.51. The van der Waals surface area contributed by atoms with Crippen LogP contribution in [0.4, 0.5) is 4.79 Å². The lowest BCUT2D eigenvalue weighted by Gasteiger charge is -2.24. The number of fused-ring (bicyclic) bond motifs is 3. The van der Waals surface area contributed by atoms with Gasteiger partial charge in [-0.3, -0.25) is 4.79 Å². The summed E-state index contributed by atoms with van der Waals surface area (Å²) in [4.78, 5) is 37.3. The number of carbonyl (C=O) groups excluding carboxylic acids is 3. The average Bonchev–Trinajstić information content (AvgIpc) is 3.30. The molecule has 1 amide bonds. The van der Waals surface area contributed by atoms with E-state index in [1.165, 1.54) is 0 Å². The highest BCUT2D eigenvalue weighted by atomic mass is 16.6. The predicted molar refractivity (Wildman–Crippen MR) is 172 cm³/mol. The number of benzene rings is 2. The van der Waals surface area contributed by atoms with Crippen LogP contribution in [0.25, 0.3) is 11.1 Å². The summed E-state index contributed by atoms with van der Waals surface area (Å²) in [6, 6.07) is 15.1. The van der Waals surface area contributed by atoms with Crippen LogP contribution < -0.4 is 5.32 Å². The van der Waals surface area contributed by atoms with Gasteiger partial charge < -0.3 is 38.5 Å². The molecule has 2 aromatic rings. The van der Waals surface area contributed by atoms with E-state index in [9.17, 15) is 14.4 Å². The van der Waals surface area contributed by atoms with E-state index in [0.717, 1.165) is 22.3 Å². The molecule has 0 spiro atoms. The first-order chi connectivity index (χ1) is 21.8. The molecule has 1 aliphatic carbocycles. The number of hydrogen-bond acceptors (Lipinski definition) is 10. The molecule has 0 bridgehead atoms. The highest BCUT2D eigenvalue weighted by Crippen LogP contribution is 2.44. The van der Waals surface area contributed by atoms with Gasteiger partial charge in [0.2, 0.25) is 0 Å². The van der Waals surface area contributed by atoms with Crippen molar-refractivity contribution in [1.82, 2.24) is 5.32 Å². The van der Waals surface area contributed by atoms with E-state index in [1.54, 1.807) is 0 Å². The van der Waals surface area contributed by atoms with Gasteiger partial charge in [0.15, 0.2) is 6.04 Å². The molecular weight excluding hydrogens is 594 g/mol. The van der Waals surface area contributed by atoms with Crippen LogP contribution in [0.2, 0.25) is 0 Å². The van der Waals surface area contributed by atoms with Crippen LogP contribution in [0, 0.1) is 0 Å². The largest absolute Gasteiger partial charge is 0.462 e. The SMILES string of the molecule is CC(C)(C)OC[C@H](NC(=O)OCC1c2ccccc2-c2ccccc21)C(=O)OCCOCCOCCOCCC(=O)OC(C)(C)C. The van der Waals surface area contributed by atoms with Gasteiger partial charge >= 0.3 is 18.0 Å². The fraction of sp³-hybridized carbons (Fsp3) is 0.571. The maximum absolute atomic E-state index is 12.9. The molecule has 2 aromatic carbocycles. The lowest BCUT2D eigenvalue weighted by molar-refractivity contribution is -0.156. The first-order valence-corrected chi connectivity index (χ1v) is 15.7. The second-order valence-electron chi connectivity index (χ2n) is 12.8. The summed E-state index contributed by atoms with van der Waals surface area (Å²) >= 11 is 0. The van der Waals surface area contributed by atoms with Crippen molar-refractivity contribution in [3.8, 4) is 11.1 Å². The minimum absolute atomic E-state index is 0.00893. The zero-order chi connectivity index (χ0) is 33.6. The summed E-state index contributed by atoms with van der Waals surface area (Å²) in [5.41, 5.74) is 3.40. The molecule has 1 N–H and O–H groups in total. The van der Waals surface area contributed by atoms with Crippen molar-refractivity contribution in [2.24, 2.45) is 0 Å². The van der Waals surface area contributed by atoms with Crippen molar-refractivity contribution in [3.63, 3.8) is 0 Å². The maximum Gasteiger partial charge on any atom is 0.407 e. The summed E-state index contributed by atoms with van der Waals surface area (Å²) in [6.45, 7) is 12.8. The van der Waals surface area contributed by atoms with Crippen LogP contribution in [0.3, 0.4) is 0 Å². The van der Waals surface area contributed by atoms with E-state index >= 15 is 0 Å². The number of nitrogens with one attached hydrogen (secondary N) is 1. The molecule has 254 valence electrons. The summed E-state index contributed by atoms with van der Waals surface area (Å²) < 4.78 is 38.2. The standard InChI is InChI=1S/C35H49NO10/c1-34(2,3)45-24-30(32(38)43-22-21-42-20-19-41-18-17-40-16-15-31(37)46-35(4,5)6)36-33(39)44-23-29-27-13-9-7-11-25(27)26-12-8-10-14-28(26)29/h7-14,29-30H,15-24H2,1-6H3,(H,36,39)/t30-/m0/s1. The second kappa shape index (κ2) is 18.0. The number of carbonyl (C=O) groups is 3. The third-order valence-electron chi connectivity index (χ3n) is 6.69. The monoisotopic (exact) mass is 643 g/mol. The number of hydrogen-bond donors (Lipinski definition) is 1. The summed E-state index contributed by atoms with van der Waals surface area (Å²) in [6.07, 6.45) is -0.549. The van der Waals surface area contributed by atoms with Gasteiger partial charge in [-0.25, -0.2) is 9.59 Å². The third kappa shape index (κ3) is 13.1. The average molecular weight is 644 g/mol. The molecule has 0 radical (unpaired) electrons. The molecule has 0 aromatic heterocycles. The molecule has 46 heavy (non-hydrogen) atoms. The highest BCUT2D eigenvalue weighted by molar-refractivity contribution is 5.82. The van der Waals surface area contributed by atoms with E-state index in [0.29, 0.717) is 26.4 Å². The van der Waals surface area contributed by atoms with Crippen LogP contribution in [0.5, 0.6) is 0 Å². The molecule has 3 rings (SSSR count). The van der Waals surface area contributed by atoms with Gasteiger partial charge in [0.05, 0.1) is 58.3 Å². The van der Waals surface area contributed by atoms with E-state index < -0.39 is 29.3 Å². The first kappa shape index (κ1) is 37.0. The van der Waals surface area contributed by atoms with Crippen molar-refractivity contribution in [1.29, 1.82) is 0 Å². The van der Waals surface area contributed by atoms with E-state index in [4.69, 9.17) is 33.2 Å². The predicted octanol–water partition coefficient (Wildman–Crippen LogP) is 5.03. The molecule has 0 aliphatic heterocycles. The van der Waals surface area contributed by atoms with Crippen molar-refractivity contribution < 1.29 is 47.5 Å². The topological polar surface area (TPSA) is 128 Å². The summed E-state index contributed by atoms with van der Waals surface area (Å²) in [5, 5.41) is 2.61. The smallest absolute Gasteiger partial charge is 0.407 e. The van der Waals surface area contributed by atoms with Gasteiger partial charge in [0.25, 0.3) is 0 Å². The molecule has 11 heteroatoms. The lowest BCUT2D eigenvalue weighted by Crippen LogP contribution is -2.47. The van der Waals surface area contributed by atoms with Gasteiger partial charge in [0.1, 0.15) is 18.8 Å². The van der Waals surface area contributed by atoms with Crippen molar-refractivity contribution in [3.05, 3.63) is 59.7 Å². The minimum atomic E-state index is -1.06. The van der Waals surface area contributed by atoms with Gasteiger partial charge in [-0.15, -0.1) is 0 Å². The van der Waals surface area contributed by atoms with E-state index in [1.807, 2.05) is 77.9 Å². The third-order valence-corrected chi connectivity index (χ3v) is 6.69. The molecule has 0 heterocycles. The quantitative estimate of drug-likeness (QED) is 0.134. The normalized spacial score (nSPS) is 13.4. The van der Waals surface area contributed by atoms with Crippen molar-refractivity contribution >= 4 is 18.0 Å². The number of rotatable bonds is 18. The number of esters is 2. The van der Waals surface area contributed by atoms with Crippen molar-refractivity contribution in [2.45, 2.75) is 71.1 Å². The van der Waals surface area contributed by atoms with Gasteiger partial charge in [-0.1, -0.05) is 48.5 Å². The van der Waals surface area contributed by atoms with E-state index in [-0.39, 0.29) is 51.3 Å². The number of ether oxygens (including phenoxy) is 7. The Labute approximate surface area is 272 Å². The first-order valence-electron chi connectivity index (χ1n) is 15.7. The summed E-state index contributed by atoms with van der Waals surface area (Å²) in [5.74, 6) is -1.06. The Morgan fingerprint density at radius 1 is 0.696 bits per heavy atom. The minimum Gasteiger partial charge on any atom is -0.462 e. The molecule has 1 atom stereocenters. The zero-order valence-corrected chi connectivity index (χ0v) is 27.9. The van der Waals surface area contributed by atoms with Gasteiger partial charge in [-0.05, 0) is 63.8 Å². The zero-order valence-electron chi connectivity index (χ0n) is 27.9. The molecule has 0 unspecified atom stereocenters. The van der Waals surface area contributed by atoms with Crippen LogP contribution in [-0.4, -0.2) is 94.7 Å². The summed E-state index contributed by atoms with van der Waals surface area (Å²) in [7, 11) is 0. The Bertz CT molecular complexity index is 1220. The van der Waals surface area contributed by atoms with Gasteiger partial charge in [0, 0.05) is 5.92 Å². The lowest BCUT2D eigenvalue weighted by atomic mass is 9.98. The Morgan fingerprint density at radius 3 is 1.76 bits per heavy atom. The maximum atomic E-state index is 12.9. The molecule has 1 aliphatic rings. The van der Waals surface area contributed by atoms with Crippen molar-refractivity contribution in [2.75, 3.05) is 59.5 Å². The molecule has 11 nitrogen and oxygen atoms in total. The highest BCUT2D eigenvalue weighted by Gasteiger charge is 2.30.